The van der Waals surface area contributed by atoms with Crippen molar-refractivity contribution in [1.29, 1.82) is 0 Å². The Kier molecular flexibility index (Phi) is 17.0. The minimum absolute atomic E-state index is 0.0299. The van der Waals surface area contributed by atoms with Crippen LogP contribution in [0.5, 0.6) is 0 Å². The fraction of sp³-hybridized carbons (Fsp3) is 0.625. The molecule has 5 atom stereocenters. The van der Waals surface area contributed by atoms with E-state index in [1.54, 1.807) is 24.5 Å². The van der Waals surface area contributed by atoms with Gasteiger partial charge in [-0.1, -0.05) is 76.3 Å². The molecule has 0 aliphatic heterocycles. The van der Waals surface area contributed by atoms with E-state index in [0.717, 1.165) is 49.9 Å². The Balaban J connectivity index is 1.47. The lowest BCUT2D eigenvalue weighted by Gasteiger charge is -2.34. The van der Waals surface area contributed by atoms with Crippen molar-refractivity contribution in [3.05, 3.63) is 72.3 Å². The van der Waals surface area contributed by atoms with Crippen molar-refractivity contribution in [3.63, 3.8) is 0 Å². The average molecular weight is 735 g/mol. The van der Waals surface area contributed by atoms with Gasteiger partial charge in [-0.15, -0.1) is 0 Å². The second kappa shape index (κ2) is 21.6. The molecule has 3 aromatic rings. The van der Waals surface area contributed by atoms with Gasteiger partial charge in [0.25, 0.3) is 0 Å². The molecule has 1 aliphatic rings. The molecule has 13 nitrogen and oxygen atoms in total. The van der Waals surface area contributed by atoms with Gasteiger partial charge in [0.05, 0.1) is 30.7 Å². The predicted molar refractivity (Wildman–Crippen MR) is 204 cm³/mol. The summed E-state index contributed by atoms with van der Waals surface area (Å²) in [6, 6.07) is 7.86. The largest absolute Gasteiger partial charge is 0.390 e. The van der Waals surface area contributed by atoms with Gasteiger partial charge in [0.2, 0.25) is 17.7 Å². The predicted octanol–water partition coefficient (Wildman–Crippen LogP) is 3.27. The standard InChI is InChI=1S/C40H62N8O5/c1-28(2)19-36(49)38(51)34(21-30-13-9-6-10-14-30)45-40(53)35(23-33-25-42-27-44-33)46-39(52)31(20-29-11-7-5-8-12-29)22-37(50)48(4)18-17-47(3)16-15-32-24-41-26-43-32/h5,7-8,11-12,24-28,30-31,34-36,38,49,51H,6,9-10,13-23H2,1-4H3,(H,41,43)(H,42,44)(H,45,53)(H,46,52)/t31-,34+,35?,36+,38-/m1/s1. The highest BCUT2D eigenvalue weighted by atomic mass is 16.3. The number of benzene rings is 1. The molecule has 4 rings (SSSR count). The molecule has 3 amide bonds. The summed E-state index contributed by atoms with van der Waals surface area (Å²) in [7, 11) is 3.76. The van der Waals surface area contributed by atoms with Crippen LogP contribution in [0, 0.1) is 17.8 Å². The Bertz CT molecular complexity index is 1480. The molecule has 1 aliphatic carbocycles. The number of carbonyl (C=O) groups is 3. The number of rotatable bonds is 22. The van der Waals surface area contributed by atoms with Gasteiger partial charge < -0.3 is 40.6 Å². The lowest BCUT2D eigenvalue weighted by molar-refractivity contribution is -0.137. The van der Waals surface area contributed by atoms with Crippen LogP contribution in [0.1, 0.15) is 82.2 Å². The van der Waals surface area contributed by atoms with Crippen LogP contribution in [0.3, 0.4) is 0 Å². The number of hydrogen-bond donors (Lipinski definition) is 6. The van der Waals surface area contributed by atoms with E-state index in [1.807, 2.05) is 57.4 Å². The topological polar surface area (TPSA) is 180 Å². The van der Waals surface area contributed by atoms with E-state index in [0.29, 0.717) is 44.0 Å². The monoisotopic (exact) mass is 734 g/mol. The number of nitrogens with zero attached hydrogens (tertiary/aromatic N) is 4. The molecule has 0 radical (unpaired) electrons. The van der Waals surface area contributed by atoms with Crippen LogP contribution < -0.4 is 10.6 Å². The number of aliphatic hydroxyl groups excluding tert-OH is 2. The smallest absolute Gasteiger partial charge is 0.243 e. The van der Waals surface area contributed by atoms with E-state index in [2.05, 4.69) is 35.5 Å². The summed E-state index contributed by atoms with van der Waals surface area (Å²) in [5.41, 5.74) is 2.61. The molecule has 53 heavy (non-hydrogen) atoms. The number of likely N-dealkylation sites (N-methyl/N-ethyl adjacent to an activating group) is 2. The molecular formula is C40H62N8O5. The van der Waals surface area contributed by atoms with Crippen LogP contribution >= 0.6 is 0 Å². The maximum Gasteiger partial charge on any atom is 0.243 e. The van der Waals surface area contributed by atoms with Crippen LogP contribution in [-0.4, -0.2) is 116 Å². The number of imidazole rings is 2. The van der Waals surface area contributed by atoms with Gasteiger partial charge in [-0.3, -0.25) is 14.4 Å². The zero-order valence-electron chi connectivity index (χ0n) is 32.0. The van der Waals surface area contributed by atoms with E-state index in [9.17, 15) is 24.6 Å². The van der Waals surface area contributed by atoms with Crippen LogP contribution in [0.2, 0.25) is 0 Å². The molecule has 292 valence electrons. The number of carbonyl (C=O) groups excluding carboxylic acids is 3. The molecule has 1 aromatic carbocycles. The summed E-state index contributed by atoms with van der Waals surface area (Å²) in [5, 5.41) is 28.3. The first kappa shape index (κ1) is 41.7. The van der Waals surface area contributed by atoms with Crippen molar-refractivity contribution in [2.45, 2.75) is 109 Å². The van der Waals surface area contributed by atoms with Gasteiger partial charge in [-0.05, 0) is 43.7 Å². The Morgan fingerprint density at radius 1 is 0.868 bits per heavy atom. The summed E-state index contributed by atoms with van der Waals surface area (Å²) in [4.78, 5) is 60.1. The Hall–Kier alpha value is -4.07. The highest BCUT2D eigenvalue weighted by Gasteiger charge is 2.34. The second-order valence-electron chi connectivity index (χ2n) is 15.4. The van der Waals surface area contributed by atoms with Gasteiger partial charge >= 0.3 is 0 Å². The summed E-state index contributed by atoms with van der Waals surface area (Å²) in [5.74, 6) is -1.27. The zero-order chi connectivity index (χ0) is 38.2. The van der Waals surface area contributed by atoms with Crippen molar-refractivity contribution >= 4 is 17.7 Å². The fourth-order valence-corrected chi connectivity index (χ4v) is 7.17. The number of hydrogen-bond acceptors (Lipinski definition) is 8. The van der Waals surface area contributed by atoms with Crippen molar-refractivity contribution < 1.29 is 24.6 Å². The lowest BCUT2D eigenvalue weighted by Crippen LogP contribution is -2.56. The minimum atomic E-state index is -1.16. The zero-order valence-corrected chi connectivity index (χ0v) is 32.0. The Morgan fingerprint density at radius 2 is 1.55 bits per heavy atom. The van der Waals surface area contributed by atoms with Crippen LogP contribution in [-0.2, 0) is 33.6 Å². The normalized spacial score (nSPS) is 16.5. The summed E-state index contributed by atoms with van der Waals surface area (Å²) >= 11 is 0. The van der Waals surface area contributed by atoms with Gasteiger partial charge in [0, 0.05) is 69.7 Å². The van der Waals surface area contributed by atoms with Crippen LogP contribution in [0.4, 0.5) is 0 Å². The average Bonchev–Trinajstić information content (AvgIpc) is 3.87. The van der Waals surface area contributed by atoms with E-state index in [4.69, 9.17) is 0 Å². The molecular weight excluding hydrogens is 672 g/mol. The number of aromatic amines is 2. The number of H-pyrrole nitrogens is 2. The first-order valence-corrected chi connectivity index (χ1v) is 19.4. The third-order valence-corrected chi connectivity index (χ3v) is 10.4. The summed E-state index contributed by atoms with van der Waals surface area (Å²) < 4.78 is 0. The highest BCUT2D eigenvalue weighted by Crippen LogP contribution is 2.29. The van der Waals surface area contributed by atoms with Gasteiger partial charge in [0.1, 0.15) is 12.1 Å². The molecule has 1 fully saturated rings. The van der Waals surface area contributed by atoms with E-state index >= 15 is 0 Å². The quantitative estimate of drug-likeness (QED) is 0.0911. The van der Waals surface area contributed by atoms with Gasteiger partial charge in [0.15, 0.2) is 0 Å². The molecule has 0 bridgehead atoms. The molecule has 6 N–H and O–H groups in total. The highest BCUT2D eigenvalue weighted by molar-refractivity contribution is 5.91. The summed E-state index contributed by atoms with van der Waals surface area (Å²) in [6.07, 6.45) is 12.0. The van der Waals surface area contributed by atoms with Gasteiger partial charge in [-0.25, -0.2) is 9.97 Å². The maximum atomic E-state index is 14.2. The van der Waals surface area contributed by atoms with Crippen LogP contribution in [0.15, 0.2) is 55.4 Å². The first-order valence-electron chi connectivity index (χ1n) is 19.4. The third kappa shape index (κ3) is 14.4. The number of aliphatic hydroxyl groups is 2. The molecule has 1 unspecified atom stereocenters. The second-order valence-corrected chi connectivity index (χ2v) is 15.4. The van der Waals surface area contributed by atoms with Gasteiger partial charge in [-0.2, -0.15) is 0 Å². The van der Waals surface area contributed by atoms with Crippen LogP contribution in [0.25, 0.3) is 0 Å². The van der Waals surface area contributed by atoms with E-state index in [-0.39, 0.29) is 24.7 Å². The molecule has 2 aromatic heterocycles. The van der Waals surface area contributed by atoms with E-state index in [1.165, 1.54) is 12.7 Å². The van der Waals surface area contributed by atoms with Crippen molar-refractivity contribution in [1.82, 2.24) is 40.4 Å². The third-order valence-electron chi connectivity index (χ3n) is 10.4. The summed E-state index contributed by atoms with van der Waals surface area (Å²) in [6.45, 7) is 5.93. The first-order chi connectivity index (χ1) is 25.5. The fourth-order valence-electron chi connectivity index (χ4n) is 7.17. The molecule has 0 saturated heterocycles. The molecule has 0 spiro atoms. The maximum absolute atomic E-state index is 14.2. The van der Waals surface area contributed by atoms with Crippen molar-refractivity contribution in [2.75, 3.05) is 33.7 Å². The number of aromatic nitrogens is 4. The molecule has 1 saturated carbocycles. The Labute approximate surface area is 314 Å². The van der Waals surface area contributed by atoms with Crippen molar-refractivity contribution in [2.24, 2.45) is 17.8 Å². The number of amides is 3. The van der Waals surface area contributed by atoms with Crippen molar-refractivity contribution in [3.8, 4) is 0 Å². The van der Waals surface area contributed by atoms with E-state index < -0.39 is 42.0 Å². The Morgan fingerprint density at radius 3 is 2.19 bits per heavy atom. The minimum Gasteiger partial charge on any atom is -0.390 e. The molecule has 13 heteroatoms. The SMILES string of the molecule is CC(C)C[C@H](O)[C@H](O)[C@H](CC1CCCCC1)NC(=O)C(Cc1cnc[nH]1)NC(=O)[C@@H](CC(=O)N(C)CCN(C)CCc1cnc[nH]1)Cc1ccccc1. The molecule has 2 heterocycles. The number of nitrogens with one attached hydrogen (secondary N) is 4. The lowest BCUT2D eigenvalue weighted by atomic mass is 9.82.